The molecule has 0 radical (unpaired) electrons. The maximum Gasteiger partial charge on any atom is 0.255 e. The largest absolute Gasteiger partial charge is 0.360 e. The molecular formula is C21H26N4O4. The van der Waals surface area contributed by atoms with Crippen molar-refractivity contribution in [1.82, 2.24) is 14.6 Å². The fraction of sp³-hybridized carbons (Fsp3) is 0.524. The van der Waals surface area contributed by atoms with Crippen LogP contribution in [0.1, 0.15) is 54.6 Å². The first-order valence-electron chi connectivity index (χ1n) is 10.2. The summed E-state index contributed by atoms with van der Waals surface area (Å²) < 4.78 is 6.16. The molecule has 29 heavy (non-hydrogen) atoms. The molecule has 1 spiro atoms. The van der Waals surface area contributed by atoms with Crippen LogP contribution in [0.25, 0.3) is 0 Å². The van der Waals surface area contributed by atoms with Crippen LogP contribution in [-0.2, 0) is 11.3 Å². The standard InChI is InChI=1S/C21H26N4O4/c1-15-11-17(23-29-15)22-18(26)13-25-12-16(5-6-19(25)27)20(28)24-10-9-21(14-24)7-3-2-4-8-21/h5-6,11-12H,2-4,7-10,13-14H2,1H3,(H,22,23,26). The average Bonchev–Trinajstić information content (AvgIpc) is 3.30. The zero-order valence-electron chi connectivity index (χ0n) is 16.6. The van der Waals surface area contributed by atoms with Crippen LogP contribution in [0.4, 0.5) is 5.82 Å². The smallest absolute Gasteiger partial charge is 0.255 e. The maximum absolute atomic E-state index is 13.0. The fourth-order valence-electron chi connectivity index (χ4n) is 4.54. The first-order chi connectivity index (χ1) is 13.9. The van der Waals surface area contributed by atoms with Crippen LogP contribution >= 0.6 is 0 Å². The van der Waals surface area contributed by atoms with Gasteiger partial charge < -0.3 is 19.3 Å². The molecule has 2 fully saturated rings. The minimum absolute atomic E-state index is 0.0752. The van der Waals surface area contributed by atoms with Gasteiger partial charge in [-0.15, -0.1) is 0 Å². The molecular weight excluding hydrogens is 372 g/mol. The van der Waals surface area contributed by atoms with Crippen molar-refractivity contribution in [3.05, 3.63) is 46.1 Å². The molecule has 8 heteroatoms. The number of anilines is 1. The van der Waals surface area contributed by atoms with Crippen molar-refractivity contribution in [2.24, 2.45) is 5.41 Å². The molecule has 2 aromatic heterocycles. The van der Waals surface area contributed by atoms with E-state index in [2.05, 4.69) is 10.5 Å². The molecule has 1 N–H and O–H groups in total. The zero-order chi connectivity index (χ0) is 20.4. The van der Waals surface area contributed by atoms with Crippen molar-refractivity contribution in [3.8, 4) is 0 Å². The Kier molecular flexibility index (Phi) is 5.25. The number of carbonyl (C=O) groups is 2. The lowest BCUT2D eigenvalue weighted by Gasteiger charge is -2.33. The number of carbonyl (C=O) groups excluding carboxylic acids is 2. The van der Waals surface area contributed by atoms with Crippen molar-refractivity contribution in [1.29, 1.82) is 0 Å². The Morgan fingerprint density at radius 1 is 1.21 bits per heavy atom. The van der Waals surface area contributed by atoms with Crippen LogP contribution in [0.15, 0.2) is 33.7 Å². The summed E-state index contributed by atoms with van der Waals surface area (Å²) in [5.41, 5.74) is 0.374. The molecule has 1 saturated carbocycles. The lowest BCUT2D eigenvalue weighted by Crippen LogP contribution is -2.34. The highest BCUT2D eigenvalue weighted by atomic mass is 16.5. The normalized spacial score (nSPS) is 18.2. The van der Waals surface area contributed by atoms with E-state index in [-0.39, 0.29) is 23.4 Å². The molecule has 3 heterocycles. The second-order valence-electron chi connectivity index (χ2n) is 8.29. The summed E-state index contributed by atoms with van der Waals surface area (Å²) in [7, 11) is 0. The molecule has 4 rings (SSSR count). The summed E-state index contributed by atoms with van der Waals surface area (Å²) in [6.07, 6.45) is 8.69. The van der Waals surface area contributed by atoms with E-state index in [9.17, 15) is 14.4 Å². The molecule has 2 aromatic rings. The van der Waals surface area contributed by atoms with E-state index in [4.69, 9.17) is 4.52 Å². The summed E-state index contributed by atoms with van der Waals surface area (Å²) in [5.74, 6) is 0.384. The van der Waals surface area contributed by atoms with Crippen LogP contribution in [0.3, 0.4) is 0 Å². The van der Waals surface area contributed by atoms with Gasteiger partial charge in [0.2, 0.25) is 5.91 Å². The molecule has 1 saturated heterocycles. The van der Waals surface area contributed by atoms with Crippen molar-refractivity contribution in [2.75, 3.05) is 18.4 Å². The molecule has 0 aromatic carbocycles. The third kappa shape index (κ3) is 4.26. The predicted octanol–water partition coefficient (Wildman–Crippen LogP) is 2.58. The van der Waals surface area contributed by atoms with Crippen LogP contribution in [0.2, 0.25) is 0 Å². The van der Waals surface area contributed by atoms with Gasteiger partial charge >= 0.3 is 0 Å². The van der Waals surface area contributed by atoms with Crippen molar-refractivity contribution in [2.45, 2.75) is 52.0 Å². The Hall–Kier alpha value is -2.90. The van der Waals surface area contributed by atoms with Crippen LogP contribution in [-0.4, -0.2) is 39.5 Å². The van der Waals surface area contributed by atoms with Crippen LogP contribution in [0, 0.1) is 12.3 Å². The monoisotopic (exact) mass is 398 g/mol. The number of aryl methyl sites for hydroxylation is 1. The van der Waals surface area contributed by atoms with Crippen molar-refractivity contribution in [3.63, 3.8) is 0 Å². The summed E-state index contributed by atoms with van der Waals surface area (Å²) >= 11 is 0. The topological polar surface area (TPSA) is 97.4 Å². The SMILES string of the molecule is Cc1cc(NC(=O)Cn2cc(C(=O)N3CCC4(CCCCC4)C3)ccc2=O)no1. The zero-order valence-corrected chi connectivity index (χ0v) is 16.6. The Morgan fingerprint density at radius 2 is 2.00 bits per heavy atom. The Balaban J connectivity index is 1.44. The number of nitrogens with one attached hydrogen (secondary N) is 1. The summed E-state index contributed by atoms with van der Waals surface area (Å²) in [6, 6.07) is 4.48. The number of hydrogen-bond acceptors (Lipinski definition) is 5. The molecule has 0 atom stereocenters. The van der Waals surface area contributed by atoms with Gasteiger partial charge in [0.05, 0.1) is 5.56 Å². The number of amides is 2. The van der Waals surface area contributed by atoms with Gasteiger partial charge in [0.25, 0.3) is 11.5 Å². The van der Waals surface area contributed by atoms with E-state index in [1.165, 1.54) is 48.9 Å². The molecule has 2 aliphatic rings. The second kappa shape index (κ2) is 7.85. The Labute approximate surface area is 168 Å². The highest BCUT2D eigenvalue weighted by molar-refractivity contribution is 5.94. The van der Waals surface area contributed by atoms with Crippen molar-refractivity contribution >= 4 is 17.6 Å². The minimum Gasteiger partial charge on any atom is -0.360 e. The summed E-state index contributed by atoms with van der Waals surface area (Å²) in [6.45, 7) is 3.06. The number of aromatic nitrogens is 2. The minimum atomic E-state index is -0.410. The first kappa shape index (κ1) is 19.4. The van der Waals surface area contributed by atoms with Gasteiger partial charge in [-0.05, 0) is 37.7 Å². The summed E-state index contributed by atoms with van der Waals surface area (Å²) in [4.78, 5) is 39.3. The summed E-state index contributed by atoms with van der Waals surface area (Å²) in [5, 5.41) is 6.29. The van der Waals surface area contributed by atoms with E-state index in [1.54, 1.807) is 19.1 Å². The van der Waals surface area contributed by atoms with Gasteiger partial charge in [-0.3, -0.25) is 14.4 Å². The van der Waals surface area contributed by atoms with Crippen LogP contribution in [0.5, 0.6) is 0 Å². The van der Waals surface area contributed by atoms with E-state index >= 15 is 0 Å². The maximum atomic E-state index is 13.0. The van der Waals surface area contributed by atoms with E-state index < -0.39 is 5.91 Å². The lowest BCUT2D eigenvalue weighted by atomic mass is 9.73. The molecule has 154 valence electrons. The molecule has 1 aliphatic carbocycles. The number of rotatable bonds is 4. The Morgan fingerprint density at radius 3 is 2.72 bits per heavy atom. The third-order valence-electron chi connectivity index (χ3n) is 6.08. The fourth-order valence-corrected chi connectivity index (χ4v) is 4.54. The van der Waals surface area contributed by atoms with Crippen LogP contribution < -0.4 is 10.9 Å². The number of likely N-dealkylation sites (tertiary alicyclic amines) is 1. The highest BCUT2D eigenvalue weighted by Crippen LogP contribution is 2.43. The second-order valence-corrected chi connectivity index (χ2v) is 8.29. The van der Waals surface area contributed by atoms with Gasteiger partial charge in [0, 0.05) is 31.4 Å². The first-order valence-corrected chi connectivity index (χ1v) is 10.2. The van der Waals surface area contributed by atoms with Gasteiger partial charge in [0.1, 0.15) is 12.3 Å². The van der Waals surface area contributed by atoms with Gasteiger partial charge in [-0.1, -0.05) is 24.4 Å². The molecule has 1 aliphatic heterocycles. The molecule has 0 unspecified atom stereocenters. The quantitative estimate of drug-likeness (QED) is 0.854. The van der Waals surface area contributed by atoms with Gasteiger partial charge in [-0.25, -0.2) is 0 Å². The van der Waals surface area contributed by atoms with E-state index in [0.29, 0.717) is 17.1 Å². The molecule has 2 amide bonds. The lowest BCUT2D eigenvalue weighted by molar-refractivity contribution is -0.116. The molecule has 0 bridgehead atoms. The Bertz CT molecular complexity index is 971. The highest BCUT2D eigenvalue weighted by Gasteiger charge is 2.40. The predicted molar refractivity (Wildman–Crippen MR) is 107 cm³/mol. The van der Waals surface area contributed by atoms with E-state index in [0.717, 1.165) is 19.5 Å². The number of hydrogen-bond donors (Lipinski definition) is 1. The van der Waals surface area contributed by atoms with Gasteiger partial charge in [0.15, 0.2) is 5.82 Å². The third-order valence-corrected chi connectivity index (χ3v) is 6.08. The average molecular weight is 398 g/mol. The van der Waals surface area contributed by atoms with Crippen molar-refractivity contribution < 1.29 is 14.1 Å². The molecule has 8 nitrogen and oxygen atoms in total. The van der Waals surface area contributed by atoms with Gasteiger partial charge in [-0.2, -0.15) is 0 Å². The van der Waals surface area contributed by atoms with E-state index in [1.807, 2.05) is 4.90 Å². The number of nitrogens with zero attached hydrogens (tertiary/aromatic N) is 3. The number of pyridine rings is 1.